The van der Waals surface area contributed by atoms with Gasteiger partial charge in [0.1, 0.15) is 6.61 Å². The predicted octanol–water partition coefficient (Wildman–Crippen LogP) is 4.37. The molecule has 144 valence electrons. The topological polar surface area (TPSA) is 24.9 Å². The normalized spacial score (nSPS) is 20.8. The van der Waals surface area contributed by atoms with Crippen LogP contribution >= 0.6 is 11.9 Å². The lowest BCUT2D eigenvalue weighted by atomic mass is 10.0. The summed E-state index contributed by atoms with van der Waals surface area (Å²) >= 11 is 1.87. The van der Waals surface area contributed by atoms with Crippen molar-refractivity contribution in [3.63, 3.8) is 0 Å². The number of hydrogen-bond acceptors (Lipinski definition) is 5. The molecule has 0 aromatic heterocycles. The van der Waals surface area contributed by atoms with Crippen LogP contribution in [0.2, 0.25) is 0 Å². The van der Waals surface area contributed by atoms with Crippen LogP contribution in [-0.4, -0.2) is 48.2 Å². The highest BCUT2D eigenvalue weighted by molar-refractivity contribution is 7.96. The van der Waals surface area contributed by atoms with Crippen molar-refractivity contribution in [2.45, 2.75) is 31.5 Å². The zero-order valence-electron chi connectivity index (χ0n) is 16.1. The van der Waals surface area contributed by atoms with Gasteiger partial charge in [0.15, 0.2) is 17.6 Å². The Bertz CT molecular complexity index is 744. The number of nitrogens with zero attached hydrogens (tertiary/aromatic N) is 2. The maximum atomic E-state index is 6.11. The molecule has 4 rings (SSSR count). The Kier molecular flexibility index (Phi) is 5.91. The van der Waals surface area contributed by atoms with Gasteiger partial charge in [0.05, 0.1) is 0 Å². The monoisotopic (exact) mass is 384 g/mol. The molecule has 5 heteroatoms. The highest BCUT2D eigenvalue weighted by Crippen LogP contribution is 2.35. The molecule has 2 aliphatic heterocycles. The number of fused-ring (bicyclic) bond motifs is 1. The van der Waals surface area contributed by atoms with Crippen LogP contribution in [0.4, 0.5) is 0 Å². The average molecular weight is 385 g/mol. The van der Waals surface area contributed by atoms with Gasteiger partial charge in [-0.2, -0.15) is 0 Å². The van der Waals surface area contributed by atoms with E-state index in [1.807, 2.05) is 36.2 Å². The quantitative estimate of drug-likeness (QED) is 0.713. The summed E-state index contributed by atoms with van der Waals surface area (Å²) in [7, 11) is 2.25. The number of piperidine rings is 1. The third-order valence-electron chi connectivity index (χ3n) is 5.60. The van der Waals surface area contributed by atoms with E-state index in [1.165, 1.54) is 37.1 Å². The Morgan fingerprint density at radius 1 is 1.04 bits per heavy atom. The smallest absolute Gasteiger partial charge is 0.162 e. The zero-order valence-corrected chi connectivity index (χ0v) is 17.0. The van der Waals surface area contributed by atoms with Crippen LogP contribution in [0.3, 0.4) is 0 Å². The Balaban J connectivity index is 1.34. The fourth-order valence-electron chi connectivity index (χ4n) is 3.90. The van der Waals surface area contributed by atoms with Gasteiger partial charge in [-0.05, 0) is 49.4 Å². The summed E-state index contributed by atoms with van der Waals surface area (Å²) in [6.07, 6.45) is 4.64. The Morgan fingerprint density at radius 3 is 2.44 bits per heavy atom. The Morgan fingerprint density at radius 2 is 1.74 bits per heavy atom. The van der Waals surface area contributed by atoms with Crippen LogP contribution in [0.1, 0.15) is 30.1 Å². The fraction of sp³-hybridized carbons (Fsp3) is 0.455. The lowest BCUT2D eigenvalue weighted by molar-refractivity contribution is 0.0912. The minimum atomic E-state index is -0.0393. The van der Waals surface area contributed by atoms with Crippen molar-refractivity contribution >= 4 is 11.9 Å². The van der Waals surface area contributed by atoms with E-state index in [4.69, 9.17) is 9.47 Å². The van der Waals surface area contributed by atoms with Crippen molar-refractivity contribution in [1.82, 2.24) is 9.21 Å². The number of hydrogen-bond donors (Lipinski definition) is 0. The molecule has 0 bridgehead atoms. The maximum absolute atomic E-state index is 6.11. The molecule has 1 fully saturated rings. The van der Waals surface area contributed by atoms with E-state index in [0.29, 0.717) is 12.6 Å². The Hall–Kier alpha value is -1.69. The van der Waals surface area contributed by atoms with Gasteiger partial charge < -0.3 is 9.47 Å². The molecule has 0 spiro atoms. The molecule has 0 N–H and O–H groups in total. The molecular weight excluding hydrogens is 356 g/mol. The number of benzene rings is 2. The minimum Gasteiger partial charge on any atom is -0.485 e. The molecule has 2 aromatic carbocycles. The zero-order chi connectivity index (χ0) is 18.6. The second-order valence-corrected chi connectivity index (χ2v) is 8.25. The van der Waals surface area contributed by atoms with Gasteiger partial charge >= 0.3 is 0 Å². The van der Waals surface area contributed by atoms with Crippen molar-refractivity contribution in [2.24, 2.45) is 0 Å². The molecule has 2 heterocycles. The standard InChI is InChI=1S/C22H28N2O2S/c1-23(19-11-13-24(27-2)14-12-19)15-17-7-9-18(10-8-17)22-16-25-20-5-3-4-6-21(20)26-22/h3-10,19,22H,11-16H2,1-2H3/t22-/m1/s1. The van der Waals surface area contributed by atoms with Gasteiger partial charge in [-0.3, -0.25) is 9.21 Å². The second kappa shape index (κ2) is 8.55. The molecule has 0 radical (unpaired) electrons. The van der Waals surface area contributed by atoms with E-state index in [9.17, 15) is 0 Å². The summed E-state index contributed by atoms with van der Waals surface area (Å²) in [4.78, 5) is 2.50. The number of para-hydroxylation sites is 2. The summed E-state index contributed by atoms with van der Waals surface area (Å²) < 4.78 is 14.4. The van der Waals surface area contributed by atoms with Crippen LogP contribution in [0, 0.1) is 0 Å². The fourth-order valence-corrected chi connectivity index (χ4v) is 4.48. The largest absolute Gasteiger partial charge is 0.485 e. The SMILES string of the molecule is CSN1CCC(N(C)Cc2ccc([C@H]3COc4ccccc4O3)cc2)CC1. The summed E-state index contributed by atoms with van der Waals surface area (Å²) in [5.74, 6) is 1.66. The van der Waals surface area contributed by atoms with Gasteiger partial charge in [0.25, 0.3) is 0 Å². The van der Waals surface area contributed by atoms with E-state index < -0.39 is 0 Å². The first kappa shape index (κ1) is 18.7. The predicted molar refractivity (Wildman–Crippen MR) is 111 cm³/mol. The number of ether oxygens (including phenoxy) is 2. The maximum Gasteiger partial charge on any atom is 0.162 e. The number of rotatable bonds is 5. The molecule has 0 aliphatic carbocycles. The van der Waals surface area contributed by atoms with Crippen molar-refractivity contribution in [2.75, 3.05) is 33.0 Å². The van der Waals surface area contributed by atoms with E-state index in [2.05, 4.69) is 46.8 Å². The first-order valence-corrected chi connectivity index (χ1v) is 10.9. The van der Waals surface area contributed by atoms with E-state index in [1.54, 1.807) is 0 Å². The van der Waals surface area contributed by atoms with Crippen LogP contribution in [-0.2, 0) is 6.54 Å². The third-order valence-corrected chi connectivity index (χ3v) is 6.48. The average Bonchev–Trinajstić information content (AvgIpc) is 2.74. The summed E-state index contributed by atoms with van der Waals surface area (Å²) in [5, 5.41) is 0. The molecule has 1 saturated heterocycles. The minimum absolute atomic E-state index is 0.0393. The van der Waals surface area contributed by atoms with Gasteiger partial charge in [-0.25, -0.2) is 0 Å². The molecule has 0 saturated carbocycles. The van der Waals surface area contributed by atoms with E-state index in [0.717, 1.165) is 18.0 Å². The van der Waals surface area contributed by atoms with Crippen LogP contribution in [0.5, 0.6) is 11.5 Å². The first-order chi connectivity index (χ1) is 13.2. The summed E-state index contributed by atoms with van der Waals surface area (Å²) in [5.41, 5.74) is 2.52. The summed E-state index contributed by atoms with van der Waals surface area (Å²) in [6.45, 7) is 3.94. The lowest BCUT2D eigenvalue weighted by Gasteiger charge is -2.35. The lowest BCUT2D eigenvalue weighted by Crippen LogP contribution is -2.40. The van der Waals surface area contributed by atoms with Crippen molar-refractivity contribution in [3.8, 4) is 11.5 Å². The molecule has 0 amide bonds. The van der Waals surface area contributed by atoms with Crippen LogP contribution in [0.15, 0.2) is 48.5 Å². The van der Waals surface area contributed by atoms with Gasteiger partial charge in [0, 0.05) is 25.7 Å². The molecular formula is C22H28N2O2S. The van der Waals surface area contributed by atoms with Crippen LogP contribution in [0.25, 0.3) is 0 Å². The molecule has 0 unspecified atom stereocenters. The third kappa shape index (κ3) is 4.42. The van der Waals surface area contributed by atoms with Crippen molar-refractivity contribution < 1.29 is 9.47 Å². The highest BCUT2D eigenvalue weighted by atomic mass is 32.2. The Labute approximate surface area is 166 Å². The molecule has 2 aliphatic rings. The van der Waals surface area contributed by atoms with E-state index >= 15 is 0 Å². The van der Waals surface area contributed by atoms with Gasteiger partial charge in [-0.15, -0.1) is 0 Å². The first-order valence-electron chi connectivity index (χ1n) is 9.69. The molecule has 1 atom stereocenters. The molecule has 27 heavy (non-hydrogen) atoms. The summed E-state index contributed by atoms with van der Waals surface area (Å²) in [6, 6.07) is 17.4. The van der Waals surface area contributed by atoms with E-state index in [-0.39, 0.29) is 6.10 Å². The molecule has 4 nitrogen and oxygen atoms in total. The van der Waals surface area contributed by atoms with Crippen LogP contribution < -0.4 is 9.47 Å². The second-order valence-electron chi connectivity index (χ2n) is 7.36. The van der Waals surface area contributed by atoms with Crippen molar-refractivity contribution in [1.29, 1.82) is 0 Å². The van der Waals surface area contributed by atoms with Gasteiger partial charge in [0.2, 0.25) is 0 Å². The van der Waals surface area contributed by atoms with Crippen molar-refractivity contribution in [3.05, 3.63) is 59.7 Å². The van der Waals surface area contributed by atoms with Gasteiger partial charge in [-0.1, -0.05) is 48.3 Å². The highest BCUT2D eigenvalue weighted by Gasteiger charge is 2.23. The molecule has 2 aromatic rings.